The second kappa shape index (κ2) is 10.2. The SMILES string of the molecule is C[C@@H]1CN(c2ccc(OCC(=O)O)c(Cl)c2)CCN1c1cccc(C(=O)N[C@H]2C3CC4CC2C[C@](O)(C4)C3)n1. The summed E-state index contributed by atoms with van der Waals surface area (Å²) in [5.74, 6) is 1.25. The van der Waals surface area contributed by atoms with Crippen molar-refractivity contribution in [3.63, 3.8) is 0 Å². The molecule has 2 heterocycles. The number of ether oxygens (including phenoxy) is 1. The first-order chi connectivity index (χ1) is 18.7. The highest BCUT2D eigenvalue weighted by atomic mass is 35.5. The molecule has 208 valence electrons. The van der Waals surface area contributed by atoms with Crippen molar-refractivity contribution in [1.29, 1.82) is 0 Å². The zero-order chi connectivity index (χ0) is 27.3. The lowest BCUT2D eigenvalue weighted by atomic mass is 9.52. The van der Waals surface area contributed by atoms with E-state index in [9.17, 15) is 14.7 Å². The molecule has 1 saturated heterocycles. The van der Waals surface area contributed by atoms with Crippen LogP contribution in [-0.2, 0) is 4.79 Å². The number of aliphatic carboxylic acids is 1. The van der Waals surface area contributed by atoms with E-state index in [0.29, 0.717) is 34.2 Å². The molecule has 5 aliphatic rings. The quantitative estimate of drug-likeness (QED) is 0.476. The van der Waals surface area contributed by atoms with E-state index in [-0.39, 0.29) is 18.0 Å². The van der Waals surface area contributed by atoms with Crippen molar-refractivity contribution in [2.45, 2.75) is 56.7 Å². The molecule has 7 rings (SSSR count). The molecule has 2 unspecified atom stereocenters. The number of piperazine rings is 1. The monoisotopic (exact) mass is 554 g/mol. The number of amides is 1. The number of aliphatic hydroxyl groups is 1. The Hall–Kier alpha value is -3.04. The third-order valence-corrected chi connectivity index (χ3v) is 9.35. The predicted octanol–water partition coefficient (Wildman–Crippen LogP) is 3.58. The Morgan fingerprint density at radius 2 is 1.92 bits per heavy atom. The number of hydrogen-bond donors (Lipinski definition) is 3. The summed E-state index contributed by atoms with van der Waals surface area (Å²) < 4.78 is 5.24. The Labute approximate surface area is 233 Å². The second-order valence-corrected chi connectivity index (χ2v) is 12.3. The molecule has 1 amide bonds. The molecule has 1 aliphatic heterocycles. The molecule has 4 bridgehead atoms. The number of carboxylic acids is 1. The van der Waals surface area contributed by atoms with Crippen LogP contribution in [0.5, 0.6) is 5.75 Å². The van der Waals surface area contributed by atoms with Crippen LogP contribution in [0.25, 0.3) is 0 Å². The van der Waals surface area contributed by atoms with Gasteiger partial charge < -0.3 is 30.1 Å². The maximum atomic E-state index is 13.3. The number of carboxylic acid groups (broad SMARTS) is 1. The number of halogens is 1. The summed E-state index contributed by atoms with van der Waals surface area (Å²) in [7, 11) is 0. The van der Waals surface area contributed by atoms with Gasteiger partial charge in [0.1, 0.15) is 17.3 Å². The van der Waals surface area contributed by atoms with Gasteiger partial charge in [-0.15, -0.1) is 0 Å². The van der Waals surface area contributed by atoms with Crippen LogP contribution in [0.4, 0.5) is 11.5 Å². The molecular weight excluding hydrogens is 520 g/mol. The van der Waals surface area contributed by atoms with E-state index in [1.54, 1.807) is 18.2 Å². The van der Waals surface area contributed by atoms with E-state index in [0.717, 1.165) is 63.2 Å². The van der Waals surface area contributed by atoms with Crippen molar-refractivity contribution in [3.8, 4) is 5.75 Å². The fourth-order valence-corrected chi connectivity index (χ4v) is 7.86. The molecule has 1 aromatic carbocycles. The lowest BCUT2D eigenvalue weighted by molar-refractivity contribution is -0.139. The van der Waals surface area contributed by atoms with Crippen LogP contribution in [-0.4, -0.2) is 71.0 Å². The summed E-state index contributed by atoms with van der Waals surface area (Å²) in [6.45, 7) is 3.89. The minimum atomic E-state index is -1.05. The summed E-state index contributed by atoms with van der Waals surface area (Å²) >= 11 is 6.34. The molecule has 10 heteroatoms. The maximum Gasteiger partial charge on any atom is 0.341 e. The first kappa shape index (κ1) is 26.2. The van der Waals surface area contributed by atoms with E-state index in [2.05, 4.69) is 22.0 Å². The highest BCUT2D eigenvalue weighted by Gasteiger charge is 2.55. The van der Waals surface area contributed by atoms with Crippen molar-refractivity contribution in [3.05, 3.63) is 47.1 Å². The molecule has 1 aromatic heterocycles. The van der Waals surface area contributed by atoms with E-state index in [4.69, 9.17) is 26.4 Å². The van der Waals surface area contributed by atoms with Gasteiger partial charge in [0.05, 0.1) is 10.6 Å². The van der Waals surface area contributed by atoms with Crippen LogP contribution in [0, 0.1) is 17.8 Å². The molecule has 0 spiro atoms. The predicted molar refractivity (Wildman–Crippen MR) is 148 cm³/mol. The molecule has 3 atom stereocenters. The van der Waals surface area contributed by atoms with E-state index in [1.165, 1.54) is 0 Å². The number of nitrogens with one attached hydrogen (secondary N) is 1. The minimum absolute atomic E-state index is 0.120. The number of rotatable bonds is 7. The minimum Gasteiger partial charge on any atom is -0.480 e. The standard InChI is InChI=1S/C29H35ClN4O5/c1-17-15-33(21-5-6-24(22(30)11-21)39-16-26(35)36)7-8-34(17)25-4-2-3-23(31-25)28(37)32-27-19-9-18-10-20(27)14-29(38,12-18)13-19/h2-6,11,17-20,27,38H,7-10,12-16H2,1H3,(H,32,37)(H,35,36)/t17-,18?,19?,20?,27-,29-/m1/s1. The molecule has 5 fully saturated rings. The van der Waals surface area contributed by atoms with E-state index < -0.39 is 18.2 Å². The fraction of sp³-hybridized carbons (Fsp3) is 0.552. The lowest BCUT2D eigenvalue weighted by Gasteiger charge is -2.58. The summed E-state index contributed by atoms with van der Waals surface area (Å²) in [6, 6.07) is 11.3. The Kier molecular flexibility index (Phi) is 6.83. The molecule has 4 aliphatic carbocycles. The number of carbonyl (C=O) groups is 2. The molecule has 3 N–H and O–H groups in total. The third-order valence-electron chi connectivity index (χ3n) is 9.06. The molecular formula is C29H35ClN4O5. The lowest BCUT2D eigenvalue weighted by Crippen LogP contribution is -2.61. The Morgan fingerprint density at radius 3 is 2.59 bits per heavy atom. The van der Waals surface area contributed by atoms with Gasteiger partial charge >= 0.3 is 5.97 Å². The number of pyridine rings is 1. The zero-order valence-electron chi connectivity index (χ0n) is 22.1. The number of benzene rings is 1. The summed E-state index contributed by atoms with van der Waals surface area (Å²) in [6.07, 6.45) is 4.72. The van der Waals surface area contributed by atoms with Crippen molar-refractivity contribution >= 4 is 35.0 Å². The van der Waals surface area contributed by atoms with Gasteiger partial charge in [0.25, 0.3) is 5.91 Å². The average molecular weight is 555 g/mol. The van der Waals surface area contributed by atoms with E-state index in [1.807, 2.05) is 18.2 Å². The Morgan fingerprint density at radius 1 is 1.15 bits per heavy atom. The number of nitrogens with zero attached hydrogens (tertiary/aromatic N) is 3. The summed E-state index contributed by atoms with van der Waals surface area (Å²) in [4.78, 5) is 33.3. The second-order valence-electron chi connectivity index (χ2n) is 11.9. The van der Waals surface area contributed by atoms with Crippen molar-refractivity contribution in [1.82, 2.24) is 10.3 Å². The van der Waals surface area contributed by atoms with Crippen LogP contribution in [0.3, 0.4) is 0 Å². The first-order valence-electron chi connectivity index (χ1n) is 13.8. The highest BCUT2D eigenvalue weighted by molar-refractivity contribution is 6.32. The maximum absolute atomic E-state index is 13.3. The van der Waals surface area contributed by atoms with Gasteiger partial charge in [-0.25, -0.2) is 9.78 Å². The number of hydrogen-bond acceptors (Lipinski definition) is 7. The molecule has 39 heavy (non-hydrogen) atoms. The third kappa shape index (κ3) is 5.26. The molecule has 9 nitrogen and oxygen atoms in total. The molecule has 4 saturated carbocycles. The van der Waals surface area contributed by atoms with Crippen molar-refractivity contribution in [2.24, 2.45) is 17.8 Å². The fourth-order valence-electron chi connectivity index (χ4n) is 7.63. The number of carbonyl (C=O) groups excluding carboxylic acids is 1. The molecule has 2 aromatic rings. The van der Waals surface area contributed by atoms with Gasteiger partial charge in [-0.2, -0.15) is 0 Å². The van der Waals surface area contributed by atoms with E-state index >= 15 is 0 Å². The van der Waals surface area contributed by atoms with Gasteiger partial charge in [-0.3, -0.25) is 4.79 Å². The normalized spacial score (nSPS) is 31.3. The smallest absolute Gasteiger partial charge is 0.341 e. The topological polar surface area (TPSA) is 115 Å². The highest BCUT2D eigenvalue weighted by Crippen LogP contribution is 2.55. The largest absolute Gasteiger partial charge is 0.480 e. The van der Waals surface area contributed by atoms with Gasteiger partial charge in [-0.1, -0.05) is 17.7 Å². The van der Waals surface area contributed by atoms with Gasteiger partial charge in [0, 0.05) is 37.4 Å². The Balaban J connectivity index is 1.09. The van der Waals surface area contributed by atoms with Crippen LogP contribution in [0.2, 0.25) is 5.02 Å². The van der Waals surface area contributed by atoms with Gasteiger partial charge in [0.15, 0.2) is 6.61 Å². The number of anilines is 2. The molecule has 0 radical (unpaired) electrons. The van der Waals surface area contributed by atoms with Gasteiger partial charge in [-0.05, 0) is 87.1 Å². The van der Waals surface area contributed by atoms with Crippen molar-refractivity contribution in [2.75, 3.05) is 36.0 Å². The van der Waals surface area contributed by atoms with Crippen LogP contribution < -0.4 is 19.9 Å². The van der Waals surface area contributed by atoms with Crippen molar-refractivity contribution < 1.29 is 24.5 Å². The van der Waals surface area contributed by atoms with Crippen LogP contribution >= 0.6 is 11.6 Å². The summed E-state index contributed by atoms with van der Waals surface area (Å²) in [5, 5.41) is 23.4. The first-order valence-corrected chi connectivity index (χ1v) is 14.2. The average Bonchev–Trinajstić information content (AvgIpc) is 2.89. The van der Waals surface area contributed by atoms with Crippen LogP contribution in [0.15, 0.2) is 36.4 Å². The number of aromatic nitrogens is 1. The Bertz CT molecular complexity index is 1260. The zero-order valence-corrected chi connectivity index (χ0v) is 22.8. The van der Waals surface area contributed by atoms with Gasteiger partial charge in [0.2, 0.25) is 0 Å². The summed E-state index contributed by atoms with van der Waals surface area (Å²) in [5.41, 5.74) is 0.851. The van der Waals surface area contributed by atoms with Crippen LogP contribution in [0.1, 0.15) is 49.5 Å².